The molecule has 126 valence electrons. The maximum Gasteiger partial charge on any atom is 0.328 e. The molecule has 7 heteroatoms. The zero-order valence-corrected chi connectivity index (χ0v) is 13.3. The predicted molar refractivity (Wildman–Crippen MR) is 86.1 cm³/mol. The minimum atomic E-state index is -0.512. The Balaban J connectivity index is 1.81. The van der Waals surface area contributed by atoms with Crippen molar-refractivity contribution in [1.82, 2.24) is 14.5 Å². The van der Waals surface area contributed by atoms with Crippen LogP contribution in [0.3, 0.4) is 0 Å². The van der Waals surface area contributed by atoms with E-state index in [1.54, 1.807) is 17.0 Å². The first-order valence-corrected chi connectivity index (χ1v) is 7.80. The van der Waals surface area contributed by atoms with Gasteiger partial charge in [0.15, 0.2) is 0 Å². The van der Waals surface area contributed by atoms with E-state index in [9.17, 15) is 18.8 Å². The summed E-state index contributed by atoms with van der Waals surface area (Å²) in [5.74, 6) is -0.489. The number of carbonyl (C=O) groups is 1. The molecule has 1 aromatic heterocycles. The number of benzene rings is 1. The fraction of sp³-hybridized carbons (Fsp3) is 0.353. The van der Waals surface area contributed by atoms with E-state index in [2.05, 4.69) is 4.98 Å². The van der Waals surface area contributed by atoms with Crippen LogP contribution in [0.25, 0.3) is 0 Å². The summed E-state index contributed by atoms with van der Waals surface area (Å²) in [7, 11) is 1.37. The molecule has 1 saturated heterocycles. The van der Waals surface area contributed by atoms with Crippen LogP contribution in [0, 0.1) is 5.82 Å². The highest BCUT2D eigenvalue weighted by molar-refractivity contribution is 5.79. The fourth-order valence-corrected chi connectivity index (χ4v) is 3.10. The van der Waals surface area contributed by atoms with E-state index in [1.165, 1.54) is 25.4 Å². The van der Waals surface area contributed by atoms with Crippen molar-refractivity contribution < 1.29 is 9.18 Å². The molecule has 1 aromatic carbocycles. The van der Waals surface area contributed by atoms with Crippen LogP contribution < -0.4 is 11.2 Å². The van der Waals surface area contributed by atoms with Crippen LogP contribution in [0.2, 0.25) is 0 Å². The van der Waals surface area contributed by atoms with Gasteiger partial charge in [-0.2, -0.15) is 0 Å². The van der Waals surface area contributed by atoms with Crippen molar-refractivity contribution >= 4 is 5.91 Å². The summed E-state index contributed by atoms with van der Waals surface area (Å²) < 4.78 is 14.0. The van der Waals surface area contributed by atoms with Gasteiger partial charge in [-0.1, -0.05) is 12.1 Å². The number of hydrogen-bond donors (Lipinski definition) is 1. The lowest BCUT2D eigenvalue weighted by atomic mass is 10.0. The van der Waals surface area contributed by atoms with Gasteiger partial charge in [-0.25, -0.2) is 9.18 Å². The van der Waals surface area contributed by atoms with Crippen LogP contribution in [0.4, 0.5) is 4.39 Å². The molecule has 1 amide bonds. The normalized spacial score (nSPS) is 17.2. The standard InChI is InChI=1S/C17H18FN3O3/c1-20-16(23)12(10-19-17(20)24)9-15(22)21-8-2-3-14(21)11-4-6-13(18)7-5-11/h4-7,10,14H,2-3,8-9H2,1H3,(H,19,24)/t14-/m1/s1. The number of likely N-dealkylation sites (tertiary alicyclic amines) is 1. The number of H-pyrrole nitrogens is 1. The second-order valence-corrected chi connectivity index (χ2v) is 5.96. The van der Waals surface area contributed by atoms with Gasteiger partial charge in [0.05, 0.1) is 12.5 Å². The van der Waals surface area contributed by atoms with Crippen molar-refractivity contribution in [2.75, 3.05) is 6.54 Å². The third kappa shape index (κ3) is 3.02. The van der Waals surface area contributed by atoms with Crippen molar-refractivity contribution in [3.8, 4) is 0 Å². The lowest BCUT2D eigenvalue weighted by Crippen LogP contribution is -2.38. The first-order valence-electron chi connectivity index (χ1n) is 7.80. The lowest BCUT2D eigenvalue weighted by Gasteiger charge is -2.25. The summed E-state index contributed by atoms with van der Waals surface area (Å²) in [5.41, 5.74) is 0.162. The molecular formula is C17H18FN3O3. The van der Waals surface area contributed by atoms with Gasteiger partial charge < -0.3 is 9.88 Å². The van der Waals surface area contributed by atoms with E-state index < -0.39 is 11.2 Å². The van der Waals surface area contributed by atoms with Gasteiger partial charge in [-0.3, -0.25) is 14.2 Å². The number of nitrogens with zero attached hydrogens (tertiary/aromatic N) is 2. The molecule has 0 radical (unpaired) electrons. The van der Waals surface area contributed by atoms with E-state index in [0.717, 1.165) is 23.0 Å². The van der Waals surface area contributed by atoms with Crippen LogP contribution in [-0.4, -0.2) is 26.9 Å². The zero-order valence-electron chi connectivity index (χ0n) is 13.3. The number of carbonyl (C=O) groups excluding carboxylic acids is 1. The molecule has 0 aliphatic carbocycles. The van der Waals surface area contributed by atoms with Gasteiger partial charge in [-0.05, 0) is 30.5 Å². The molecule has 1 aliphatic heterocycles. The Kier molecular flexibility index (Phi) is 4.33. The predicted octanol–water partition coefficient (Wildman–Crippen LogP) is 1.12. The molecule has 1 aliphatic rings. The van der Waals surface area contributed by atoms with Crippen LogP contribution in [0.5, 0.6) is 0 Å². The average molecular weight is 331 g/mol. The van der Waals surface area contributed by atoms with Gasteiger partial charge in [-0.15, -0.1) is 0 Å². The summed E-state index contributed by atoms with van der Waals surface area (Å²) in [6.45, 7) is 0.602. The monoisotopic (exact) mass is 331 g/mol. The van der Waals surface area contributed by atoms with Gasteiger partial charge in [0, 0.05) is 25.4 Å². The fourth-order valence-electron chi connectivity index (χ4n) is 3.10. The van der Waals surface area contributed by atoms with E-state index >= 15 is 0 Å². The van der Waals surface area contributed by atoms with Crippen molar-refractivity contribution in [3.63, 3.8) is 0 Å². The van der Waals surface area contributed by atoms with Crippen LogP contribution in [0.15, 0.2) is 40.1 Å². The number of nitrogens with one attached hydrogen (secondary N) is 1. The van der Waals surface area contributed by atoms with Gasteiger partial charge >= 0.3 is 5.69 Å². The smallest absolute Gasteiger partial charge is 0.328 e. The van der Waals surface area contributed by atoms with Gasteiger partial charge in [0.1, 0.15) is 5.82 Å². The first-order chi connectivity index (χ1) is 11.5. The Labute approximate surface area is 137 Å². The van der Waals surface area contributed by atoms with Crippen molar-refractivity contribution in [3.05, 3.63) is 68.2 Å². The Morgan fingerprint density at radius 2 is 2.00 bits per heavy atom. The molecule has 24 heavy (non-hydrogen) atoms. The number of aromatic nitrogens is 2. The SMILES string of the molecule is Cn1c(=O)[nH]cc(CC(=O)N2CCC[C@@H]2c2ccc(F)cc2)c1=O. The molecule has 0 bridgehead atoms. The van der Waals surface area contributed by atoms with Crippen molar-refractivity contribution in [2.24, 2.45) is 7.05 Å². The summed E-state index contributed by atoms with van der Waals surface area (Å²) >= 11 is 0. The third-order valence-corrected chi connectivity index (χ3v) is 4.42. The summed E-state index contributed by atoms with van der Waals surface area (Å²) in [4.78, 5) is 40.2. The Bertz CT molecular complexity index is 870. The van der Waals surface area contributed by atoms with Crippen LogP contribution in [0.1, 0.15) is 30.0 Å². The second kappa shape index (κ2) is 6.43. The minimum absolute atomic E-state index is 0.0683. The topological polar surface area (TPSA) is 75.2 Å². The largest absolute Gasteiger partial charge is 0.335 e. The average Bonchev–Trinajstić information content (AvgIpc) is 3.06. The highest BCUT2D eigenvalue weighted by atomic mass is 19.1. The maximum atomic E-state index is 13.1. The molecular weight excluding hydrogens is 313 g/mol. The molecule has 0 saturated carbocycles. The molecule has 1 N–H and O–H groups in total. The van der Waals surface area contributed by atoms with E-state index in [4.69, 9.17) is 0 Å². The number of amides is 1. The summed E-state index contributed by atoms with van der Waals surface area (Å²) in [6, 6.07) is 6.03. The van der Waals surface area contributed by atoms with Crippen LogP contribution in [-0.2, 0) is 18.3 Å². The first kappa shape index (κ1) is 16.2. The van der Waals surface area contributed by atoms with Crippen LogP contribution >= 0.6 is 0 Å². The highest BCUT2D eigenvalue weighted by Crippen LogP contribution is 2.32. The Morgan fingerprint density at radius 1 is 1.29 bits per heavy atom. The molecule has 2 aromatic rings. The molecule has 1 atom stereocenters. The maximum absolute atomic E-state index is 13.1. The minimum Gasteiger partial charge on any atom is -0.335 e. The molecule has 1 fully saturated rings. The van der Waals surface area contributed by atoms with E-state index in [-0.39, 0.29) is 29.8 Å². The Morgan fingerprint density at radius 3 is 2.71 bits per heavy atom. The lowest BCUT2D eigenvalue weighted by molar-refractivity contribution is -0.131. The van der Waals surface area contributed by atoms with Gasteiger partial charge in [0.25, 0.3) is 5.56 Å². The highest BCUT2D eigenvalue weighted by Gasteiger charge is 2.30. The number of aromatic amines is 1. The van der Waals surface area contributed by atoms with Crippen molar-refractivity contribution in [1.29, 1.82) is 0 Å². The Hall–Kier alpha value is -2.70. The third-order valence-electron chi connectivity index (χ3n) is 4.42. The van der Waals surface area contributed by atoms with E-state index in [1.807, 2.05) is 0 Å². The van der Waals surface area contributed by atoms with E-state index in [0.29, 0.717) is 6.54 Å². The molecule has 0 unspecified atom stereocenters. The molecule has 2 heterocycles. The van der Waals surface area contributed by atoms with Crippen molar-refractivity contribution in [2.45, 2.75) is 25.3 Å². The zero-order chi connectivity index (χ0) is 17.3. The quantitative estimate of drug-likeness (QED) is 0.916. The number of hydrogen-bond acceptors (Lipinski definition) is 3. The molecule has 3 rings (SSSR count). The number of rotatable bonds is 3. The summed E-state index contributed by atoms with van der Waals surface area (Å²) in [6.07, 6.45) is 2.89. The second-order valence-electron chi connectivity index (χ2n) is 5.96. The van der Waals surface area contributed by atoms with Gasteiger partial charge in [0.2, 0.25) is 5.91 Å². The summed E-state index contributed by atoms with van der Waals surface area (Å²) in [5, 5.41) is 0. The molecule has 0 spiro atoms. The number of halogens is 1. The molecule has 6 nitrogen and oxygen atoms in total.